The van der Waals surface area contributed by atoms with Crippen LogP contribution in [-0.4, -0.2) is 29.7 Å². The minimum Gasteiger partial charge on any atom is -0.494 e. The van der Waals surface area contributed by atoms with Gasteiger partial charge >= 0.3 is 11.8 Å². The standard InChI is InChI=1S/C21H19N3O3S/c1-27-17-9-8-15(14-6-4-11-22-19(14)17)23-20(25)21(26)24-16-10-12-28-18-7-3-2-5-13(16)18/h2-9,11,16H,10,12H2,1H3,(H,23,25)(H,24,26). The predicted molar refractivity (Wildman–Crippen MR) is 110 cm³/mol. The fourth-order valence-corrected chi connectivity index (χ4v) is 4.44. The van der Waals surface area contributed by atoms with E-state index in [0.29, 0.717) is 22.3 Å². The van der Waals surface area contributed by atoms with Gasteiger partial charge in [0.15, 0.2) is 0 Å². The molecule has 2 heterocycles. The minimum absolute atomic E-state index is 0.162. The zero-order valence-corrected chi connectivity index (χ0v) is 16.1. The smallest absolute Gasteiger partial charge is 0.313 e. The van der Waals surface area contributed by atoms with Crippen LogP contribution in [0.25, 0.3) is 10.9 Å². The first-order chi connectivity index (χ1) is 13.7. The van der Waals surface area contributed by atoms with Crippen molar-refractivity contribution in [3.05, 3.63) is 60.3 Å². The van der Waals surface area contributed by atoms with Gasteiger partial charge in [0.05, 0.1) is 18.8 Å². The second kappa shape index (κ2) is 7.90. The van der Waals surface area contributed by atoms with Gasteiger partial charge in [-0.1, -0.05) is 18.2 Å². The Morgan fingerprint density at radius 3 is 2.82 bits per heavy atom. The fourth-order valence-electron chi connectivity index (χ4n) is 3.32. The van der Waals surface area contributed by atoms with Crippen LogP contribution in [0.1, 0.15) is 18.0 Å². The molecule has 3 aromatic rings. The van der Waals surface area contributed by atoms with Crippen molar-refractivity contribution in [2.75, 3.05) is 18.2 Å². The van der Waals surface area contributed by atoms with E-state index in [0.717, 1.165) is 22.6 Å². The summed E-state index contributed by atoms with van der Waals surface area (Å²) in [6.07, 6.45) is 2.44. The Bertz CT molecular complexity index is 1050. The van der Waals surface area contributed by atoms with Gasteiger partial charge in [0.1, 0.15) is 11.3 Å². The molecule has 0 aliphatic carbocycles. The van der Waals surface area contributed by atoms with E-state index in [2.05, 4.69) is 15.6 Å². The summed E-state index contributed by atoms with van der Waals surface area (Å²) in [5.74, 6) is 0.151. The summed E-state index contributed by atoms with van der Waals surface area (Å²) in [4.78, 5) is 30.5. The number of fused-ring (bicyclic) bond motifs is 2. The molecule has 0 spiro atoms. The van der Waals surface area contributed by atoms with E-state index >= 15 is 0 Å². The van der Waals surface area contributed by atoms with E-state index in [1.54, 1.807) is 43.3 Å². The van der Waals surface area contributed by atoms with Gasteiger partial charge in [-0.3, -0.25) is 14.6 Å². The maximum Gasteiger partial charge on any atom is 0.313 e. The van der Waals surface area contributed by atoms with Crippen LogP contribution < -0.4 is 15.4 Å². The number of methoxy groups -OCH3 is 1. The van der Waals surface area contributed by atoms with E-state index in [4.69, 9.17) is 4.74 Å². The maximum atomic E-state index is 12.5. The largest absolute Gasteiger partial charge is 0.494 e. The van der Waals surface area contributed by atoms with Crippen LogP contribution in [0.2, 0.25) is 0 Å². The van der Waals surface area contributed by atoms with E-state index in [1.807, 2.05) is 30.3 Å². The number of rotatable bonds is 3. The van der Waals surface area contributed by atoms with E-state index in [1.165, 1.54) is 0 Å². The summed E-state index contributed by atoms with van der Waals surface area (Å²) >= 11 is 1.76. The summed E-state index contributed by atoms with van der Waals surface area (Å²) in [5.41, 5.74) is 2.20. The number of hydrogen-bond acceptors (Lipinski definition) is 5. The number of carbonyl (C=O) groups is 2. The third-order valence-electron chi connectivity index (χ3n) is 4.67. The van der Waals surface area contributed by atoms with Gasteiger partial charge in [0.2, 0.25) is 0 Å². The van der Waals surface area contributed by atoms with E-state index < -0.39 is 11.8 Å². The number of nitrogens with zero attached hydrogens (tertiary/aromatic N) is 1. The molecule has 0 fully saturated rings. The highest BCUT2D eigenvalue weighted by Gasteiger charge is 2.25. The highest BCUT2D eigenvalue weighted by Crippen LogP contribution is 2.35. The van der Waals surface area contributed by atoms with E-state index in [9.17, 15) is 9.59 Å². The molecule has 1 aliphatic heterocycles. The lowest BCUT2D eigenvalue weighted by Gasteiger charge is -2.25. The predicted octanol–water partition coefficient (Wildman–Crippen LogP) is 3.54. The molecule has 2 amide bonds. The molecule has 1 aliphatic rings. The number of amides is 2. The molecule has 0 saturated carbocycles. The van der Waals surface area contributed by atoms with Crippen LogP contribution in [0, 0.1) is 0 Å². The lowest BCUT2D eigenvalue weighted by atomic mass is 10.0. The highest BCUT2D eigenvalue weighted by atomic mass is 32.2. The Kier molecular flexibility index (Phi) is 5.16. The summed E-state index contributed by atoms with van der Waals surface area (Å²) in [5, 5.41) is 6.27. The Morgan fingerprint density at radius 2 is 1.96 bits per heavy atom. The number of benzene rings is 2. The third kappa shape index (κ3) is 3.53. The number of nitrogens with one attached hydrogen (secondary N) is 2. The van der Waals surface area contributed by atoms with Gasteiger partial charge in [0, 0.05) is 22.2 Å². The van der Waals surface area contributed by atoms with Crippen LogP contribution in [0.3, 0.4) is 0 Å². The first-order valence-electron chi connectivity index (χ1n) is 8.92. The Morgan fingerprint density at radius 1 is 1.11 bits per heavy atom. The molecule has 28 heavy (non-hydrogen) atoms. The van der Waals surface area contributed by atoms with Gasteiger partial charge in [-0.15, -0.1) is 11.8 Å². The van der Waals surface area contributed by atoms with Gasteiger partial charge in [-0.05, 0) is 42.3 Å². The molecule has 1 unspecified atom stereocenters. The molecule has 6 nitrogen and oxygen atoms in total. The van der Waals surface area contributed by atoms with Gasteiger partial charge < -0.3 is 15.4 Å². The zero-order valence-electron chi connectivity index (χ0n) is 15.3. The van der Waals surface area contributed by atoms with Gasteiger partial charge in [-0.2, -0.15) is 0 Å². The van der Waals surface area contributed by atoms with Gasteiger partial charge in [-0.25, -0.2) is 0 Å². The van der Waals surface area contributed by atoms with Crippen molar-refractivity contribution >= 4 is 40.2 Å². The molecule has 0 saturated heterocycles. The monoisotopic (exact) mass is 393 g/mol. The summed E-state index contributed by atoms with van der Waals surface area (Å²) in [6, 6.07) is 14.8. The maximum absolute atomic E-state index is 12.5. The number of thioether (sulfide) groups is 1. The molecule has 4 rings (SSSR count). The van der Waals surface area contributed by atoms with E-state index in [-0.39, 0.29) is 6.04 Å². The quantitative estimate of drug-likeness (QED) is 0.666. The van der Waals surface area contributed by atoms with Crippen molar-refractivity contribution in [2.45, 2.75) is 17.4 Å². The summed E-state index contributed by atoms with van der Waals surface area (Å²) in [7, 11) is 1.56. The fraction of sp³-hybridized carbons (Fsp3) is 0.190. The lowest BCUT2D eigenvalue weighted by Crippen LogP contribution is -2.38. The molecule has 2 N–H and O–H groups in total. The minimum atomic E-state index is -0.703. The van der Waals surface area contributed by atoms with Crippen molar-refractivity contribution in [3.8, 4) is 5.75 Å². The van der Waals surface area contributed by atoms with Crippen LogP contribution in [0.15, 0.2) is 59.6 Å². The zero-order chi connectivity index (χ0) is 19.5. The average Bonchev–Trinajstić information content (AvgIpc) is 2.74. The van der Waals surface area contributed by atoms with Crippen LogP contribution in [-0.2, 0) is 9.59 Å². The van der Waals surface area contributed by atoms with Crippen molar-refractivity contribution in [1.82, 2.24) is 10.3 Å². The van der Waals surface area contributed by atoms with Gasteiger partial charge in [0.25, 0.3) is 0 Å². The first kappa shape index (κ1) is 18.3. The average molecular weight is 393 g/mol. The highest BCUT2D eigenvalue weighted by molar-refractivity contribution is 7.99. The molecule has 1 atom stereocenters. The third-order valence-corrected chi connectivity index (χ3v) is 5.79. The number of aromatic nitrogens is 1. The first-order valence-corrected chi connectivity index (χ1v) is 9.91. The molecule has 0 bridgehead atoms. The molecule has 0 radical (unpaired) electrons. The summed E-state index contributed by atoms with van der Waals surface area (Å²) < 4.78 is 5.31. The second-order valence-electron chi connectivity index (χ2n) is 6.37. The van der Waals surface area contributed by atoms with Crippen LogP contribution in [0.5, 0.6) is 5.75 Å². The van der Waals surface area contributed by atoms with Crippen molar-refractivity contribution in [1.29, 1.82) is 0 Å². The number of pyridine rings is 1. The topological polar surface area (TPSA) is 80.3 Å². The number of hydrogen-bond donors (Lipinski definition) is 2. The van der Waals surface area contributed by atoms with Crippen molar-refractivity contribution in [3.63, 3.8) is 0 Å². The number of ether oxygens (including phenoxy) is 1. The Labute approximate surface area is 166 Å². The normalized spacial score (nSPS) is 15.5. The van der Waals surface area contributed by atoms with Crippen molar-refractivity contribution in [2.24, 2.45) is 0 Å². The Balaban J connectivity index is 1.52. The molecule has 142 valence electrons. The Hall–Kier alpha value is -3.06. The lowest BCUT2D eigenvalue weighted by molar-refractivity contribution is -0.136. The molecule has 7 heteroatoms. The number of carbonyl (C=O) groups excluding carboxylic acids is 2. The van der Waals surface area contributed by atoms with Crippen LogP contribution >= 0.6 is 11.8 Å². The van der Waals surface area contributed by atoms with Crippen molar-refractivity contribution < 1.29 is 14.3 Å². The molecular formula is C21H19N3O3S. The number of anilines is 1. The molecule has 2 aromatic carbocycles. The molecular weight excluding hydrogens is 374 g/mol. The molecule has 1 aromatic heterocycles. The second-order valence-corrected chi connectivity index (χ2v) is 7.51. The summed E-state index contributed by atoms with van der Waals surface area (Å²) in [6.45, 7) is 0. The SMILES string of the molecule is COc1ccc(NC(=O)C(=O)NC2CCSc3ccccc32)c2cccnc12. The van der Waals surface area contributed by atoms with Crippen LogP contribution in [0.4, 0.5) is 5.69 Å².